The Hall–Kier alpha value is -0.730. The van der Waals surface area contributed by atoms with E-state index in [9.17, 15) is 0 Å². The zero-order chi connectivity index (χ0) is 15.7. The van der Waals surface area contributed by atoms with Gasteiger partial charge in [0.1, 0.15) is 6.61 Å². The highest BCUT2D eigenvalue weighted by Gasteiger charge is 2.31. The van der Waals surface area contributed by atoms with Crippen molar-refractivity contribution in [1.82, 2.24) is 0 Å². The van der Waals surface area contributed by atoms with Gasteiger partial charge < -0.3 is 4.74 Å². The van der Waals surface area contributed by atoms with E-state index >= 15 is 0 Å². The summed E-state index contributed by atoms with van der Waals surface area (Å²) in [5.74, 6) is 1.19. The molecule has 0 unspecified atom stereocenters. The maximum atomic E-state index is 6.58. The standard InChI is InChI=1S/C18H23Cl2NO/c1-18(2)11-22-17(21-18)14-9-13(19)10-15(20)16(14)12-7-5-3-4-6-8-12/h9-10,12H,3-8,11H2,1-2H3. The molecular formula is C18H23Cl2NO. The van der Waals surface area contributed by atoms with Crippen LogP contribution in [-0.2, 0) is 4.74 Å². The predicted octanol–water partition coefficient (Wildman–Crippen LogP) is 5.99. The van der Waals surface area contributed by atoms with Gasteiger partial charge in [0, 0.05) is 15.6 Å². The molecule has 0 amide bonds. The zero-order valence-electron chi connectivity index (χ0n) is 13.3. The monoisotopic (exact) mass is 339 g/mol. The smallest absolute Gasteiger partial charge is 0.217 e. The Morgan fingerprint density at radius 1 is 1.09 bits per heavy atom. The van der Waals surface area contributed by atoms with Gasteiger partial charge in [-0.25, -0.2) is 4.99 Å². The number of hydrogen-bond donors (Lipinski definition) is 0. The summed E-state index contributed by atoms with van der Waals surface area (Å²) in [5, 5.41) is 1.40. The second-order valence-corrected chi connectivity index (χ2v) is 7.90. The molecule has 1 aliphatic heterocycles. The van der Waals surface area contributed by atoms with Gasteiger partial charge in [-0.2, -0.15) is 0 Å². The van der Waals surface area contributed by atoms with Crippen LogP contribution >= 0.6 is 23.2 Å². The third-order valence-corrected chi connectivity index (χ3v) is 5.09. The average Bonchev–Trinajstić information content (AvgIpc) is 2.64. The first-order chi connectivity index (χ1) is 10.5. The fraction of sp³-hybridized carbons (Fsp3) is 0.611. The van der Waals surface area contributed by atoms with Crippen LogP contribution in [-0.4, -0.2) is 18.0 Å². The van der Waals surface area contributed by atoms with E-state index in [2.05, 4.69) is 13.8 Å². The lowest BCUT2D eigenvalue weighted by Crippen LogP contribution is -2.17. The lowest BCUT2D eigenvalue weighted by Gasteiger charge is -2.20. The molecule has 1 aromatic carbocycles. The Labute approximate surface area is 142 Å². The molecule has 0 saturated heterocycles. The average molecular weight is 340 g/mol. The number of halogens is 2. The first-order valence-electron chi connectivity index (χ1n) is 8.18. The van der Waals surface area contributed by atoms with Crippen molar-refractivity contribution in [3.63, 3.8) is 0 Å². The molecule has 120 valence electrons. The normalized spacial score (nSPS) is 22.1. The molecule has 4 heteroatoms. The van der Waals surface area contributed by atoms with Gasteiger partial charge in [-0.05, 0) is 50.3 Å². The van der Waals surface area contributed by atoms with Crippen molar-refractivity contribution in [3.8, 4) is 0 Å². The van der Waals surface area contributed by atoms with Gasteiger partial charge in [0.2, 0.25) is 5.90 Å². The van der Waals surface area contributed by atoms with Gasteiger partial charge in [-0.1, -0.05) is 48.9 Å². The van der Waals surface area contributed by atoms with Crippen LogP contribution in [0.25, 0.3) is 0 Å². The van der Waals surface area contributed by atoms with Gasteiger partial charge in [0.25, 0.3) is 0 Å². The molecular weight excluding hydrogens is 317 g/mol. The molecule has 1 fully saturated rings. The van der Waals surface area contributed by atoms with E-state index in [0.717, 1.165) is 10.6 Å². The van der Waals surface area contributed by atoms with E-state index in [1.807, 2.05) is 12.1 Å². The van der Waals surface area contributed by atoms with Crippen molar-refractivity contribution in [2.75, 3.05) is 6.61 Å². The first kappa shape index (κ1) is 16.1. The topological polar surface area (TPSA) is 21.6 Å². The summed E-state index contributed by atoms with van der Waals surface area (Å²) in [6, 6.07) is 3.82. The van der Waals surface area contributed by atoms with Crippen LogP contribution in [0.4, 0.5) is 0 Å². The maximum absolute atomic E-state index is 6.58. The minimum absolute atomic E-state index is 0.176. The summed E-state index contributed by atoms with van der Waals surface area (Å²) < 4.78 is 5.86. The molecule has 2 nitrogen and oxygen atoms in total. The highest BCUT2D eigenvalue weighted by atomic mass is 35.5. The lowest BCUT2D eigenvalue weighted by molar-refractivity contribution is 0.279. The quantitative estimate of drug-likeness (QED) is 0.606. The van der Waals surface area contributed by atoms with Crippen molar-refractivity contribution < 1.29 is 4.74 Å². The molecule has 0 spiro atoms. The van der Waals surface area contributed by atoms with E-state index in [0.29, 0.717) is 23.4 Å². The highest BCUT2D eigenvalue weighted by Crippen LogP contribution is 2.40. The van der Waals surface area contributed by atoms with Gasteiger partial charge >= 0.3 is 0 Å². The van der Waals surface area contributed by atoms with Gasteiger partial charge in [0.05, 0.1) is 5.54 Å². The third-order valence-electron chi connectivity index (χ3n) is 4.55. The van der Waals surface area contributed by atoms with Crippen molar-refractivity contribution in [2.24, 2.45) is 4.99 Å². The van der Waals surface area contributed by atoms with Gasteiger partial charge in [0.15, 0.2) is 0 Å². The van der Waals surface area contributed by atoms with Crippen molar-refractivity contribution in [1.29, 1.82) is 0 Å². The second-order valence-electron chi connectivity index (χ2n) is 7.06. The van der Waals surface area contributed by atoms with E-state index in [1.165, 1.54) is 44.1 Å². The Morgan fingerprint density at radius 3 is 2.36 bits per heavy atom. The van der Waals surface area contributed by atoms with Crippen LogP contribution in [0.2, 0.25) is 10.0 Å². The summed E-state index contributed by atoms with van der Waals surface area (Å²) in [7, 11) is 0. The number of benzene rings is 1. The molecule has 0 atom stereocenters. The third kappa shape index (κ3) is 3.44. The predicted molar refractivity (Wildman–Crippen MR) is 93.5 cm³/mol. The number of hydrogen-bond acceptors (Lipinski definition) is 2. The summed E-state index contributed by atoms with van der Waals surface area (Å²) >= 11 is 12.8. The fourth-order valence-electron chi connectivity index (χ4n) is 3.47. The second kappa shape index (κ2) is 6.41. The van der Waals surface area contributed by atoms with Crippen molar-refractivity contribution in [3.05, 3.63) is 33.3 Å². The van der Waals surface area contributed by atoms with Crippen molar-refractivity contribution >= 4 is 29.1 Å². The lowest BCUT2D eigenvalue weighted by atomic mass is 9.88. The van der Waals surface area contributed by atoms with E-state index < -0.39 is 0 Å². The molecule has 1 aliphatic carbocycles. The molecule has 2 aliphatic rings. The number of ether oxygens (including phenoxy) is 1. The zero-order valence-corrected chi connectivity index (χ0v) is 14.8. The van der Waals surface area contributed by atoms with E-state index in [-0.39, 0.29) is 5.54 Å². The minimum atomic E-state index is -0.176. The summed E-state index contributed by atoms with van der Waals surface area (Å²) in [4.78, 5) is 4.73. The Bertz CT molecular complexity index is 587. The molecule has 0 bridgehead atoms. The molecule has 1 heterocycles. The number of rotatable bonds is 2. The maximum Gasteiger partial charge on any atom is 0.217 e. The Morgan fingerprint density at radius 2 is 1.77 bits per heavy atom. The molecule has 1 aromatic rings. The Kier molecular flexibility index (Phi) is 4.70. The van der Waals surface area contributed by atoms with Crippen molar-refractivity contribution in [2.45, 2.75) is 63.8 Å². The molecule has 22 heavy (non-hydrogen) atoms. The van der Waals surface area contributed by atoms with Crippen LogP contribution in [0.3, 0.4) is 0 Å². The molecule has 0 radical (unpaired) electrons. The van der Waals surface area contributed by atoms with Crippen LogP contribution in [0, 0.1) is 0 Å². The summed E-state index contributed by atoms with van der Waals surface area (Å²) in [5.41, 5.74) is 2.00. The molecule has 3 rings (SSSR count). The number of aliphatic imine (C=N–C) groups is 1. The summed E-state index contributed by atoms with van der Waals surface area (Å²) in [6.45, 7) is 4.77. The van der Waals surface area contributed by atoms with Crippen LogP contribution in [0.15, 0.2) is 17.1 Å². The molecule has 0 aromatic heterocycles. The largest absolute Gasteiger partial charge is 0.475 e. The van der Waals surface area contributed by atoms with Gasteiger partial charge in [-0.3, -0.25) is 0 Å². The van der Waals surface area contributed by atoms with Gasteiger partial charge in [-0.15, -0.1) is 0 Å². The highest BCUT2D eigenvalue weighted by molar-refractivity contribution is 6.36. The molecule has 1 saturated carbocycles. The van der Waals surface area contributed by atoms with E-state index in [1.54, 1.807) is 0 Å². The summed E-state index contributed by atoms with van der Waals surface area (Å²) in [6.07, 6.45) is 7.54. The minimum Gasteiger partial charge on any atom is -0.475 e. The fourth-order valence-corrected chi connectivity index (χ4v) is 4.11. The number of nitrogens with zero attached hydrogens (tertiary/aromatic N) is 1. The van der Waals surface area contributed by atoms with E-state index in [4.69, 9.17) is 32.9 Å². The van der Waals surface area contributed by atoms with Crippen LogP contribution < -0.4 is 0 Å². The first-order valence-corrected chi connectivity index (χ1v) is 8.94. The van der Waals surface area contributed by atoms with Crippen LogP contribution in [0.5, 0.6) is 0 Å². The Balaban J connectivity index is 2.05. The van der Waals surface area contributed by atoms with Crippen LogP contribution in [0.1, 0.15) is 69.4 Å². The SMILES string of the molecule is CC1(C)COC(c2cc(Cl)cc(Cl)c2C2CCCCCC2)=N1. The molecule has 0 N–H and O–H groups in total.